The van der Waals surface area contributed by atoms with Crippen LogP contribution in [0.3, 0.4) is 0 Å². The van der Waals surface area contributed by atoms with Crippen LogP contribution in [0.5, 0.6) is 0 Å². The zero-order chi connectivity index (χ0) is 17.0. The van der Waals surface area contributed by atoms with Crippen molar-refractivity contribution in [2.24, 2.45) is 4.99 Å². The second-order valence-electron chi connectivity index (χ2n) is 5.93. The molecule has 1 aromatic carbocycles. The van der Waals surface area contributed by atoms with E-state index in [2.05, 4.69) is 26.6 Å². The van der Waals surface area contributed by atoms with Crippen molar-refractivity contribution in [3.63, 3.8) is 0 Å². The summed E-state index contributed by atoms with van der Waals surface area (Å²) in [5.41, 5.74) is 1.16. The number of morpholine rings is 1. The van der Waals surface area contributed by atoms with E-state index >= 15 is 0 Å². The molecule has 0 radical (unpaired) electrons. The molecule has 0 amide bonds. The van der Waals surface area contributed by atoms with Crippen molar-refractivity contribution in [1.29, 1.82) is 0 Å². The fourth-order valence-corrected chi connectivity index (χ4v) is 2.96. The number of nitrogens with one attached hydrogen (secondary N) is 2. The molecule has 0 bridgehead atoms. The third-order valence-corrected chi connectivity index (χ3v) is 4.53. The second kappa shape index (κ2) is 13.6. The minimum Gasteiger partial charge on any atom is -0.379 e. The Morgan fingerprint density at radius 2 is 1.88 bits per heavy atom. The molecule has 2 N–H and O–H groups in total. The first-order valence-electron chi connectivity index (χ1n) is 8.77. The molecular formula is C18H30ClIN4O. The SMILES string of the molecule is CN=C(NCCCCN1CCOCC1)NCCc1ccccc1Cl.I. The predicted molar refractivity (Wildman–Crippen MR) is 116 cm³/mol. The summed E-state index contributed by atoms with van der Waals surface area (Å²) < 4.78 is 5.36. The summed E-state index contributed by atoms with van der Waals surface area (Å²) in [7, 11) is 1.80. The van der Waals surface area contributed by atoms with E-state index in [4.69, 9.17) is 16.3 Å². The second-order valence-corrected chi connectivity index (χ2v) is 6.34. The highest BCUT2D eigenvalue weighted by atomic mass is 127. The fraction of sp³-hybridized carbons (Fsp3) is 0.611. The van der Waals surface area contributed by atoms with Crippen LogP contribution in [0.2, 0.25) is 5.02 Å². The summed E-state index contributed by atoms with van der Waals surface area (Å²) in [6.45, 7) is 6.80. The molecule has 0 aromatic heterocycles. The molecule has 5 nitrogen and oxygen atoms in total. The topological polar surface area (TPSA) is 48.9 Å². The van der Waals surface area contributed by atoms with E-state index in [1.54, 1.807) is 7.05 Å². The lowest BCUT2D eigenvalue weighted by molar-refractivity contribution is 0.0372. The van der Waals surface area contributed by atoms with Gasteiger partial charge in [-0.1, -0.05) is 29.8 Å². The lowest BCUT2D eigenvalue weighted by Gasteiger charge is -2.26. The van der Waals surface area contributed by atoms with Crippen LogP contribution in [0.1, 0.15) is 18.4 Å². The van der Waals surface area contributed by atoms with Crippen LogP contribution in [0.4, 0.5) is 0 Å². The molecule has 1 saturated heterocycles. The van der Waals surface area contributed by atoms with Crippen LogP contribution < -0.4 is 10.6 Å². The van der Waals surface area contributed by atoms with Crippen LogP contribution in [0.25, 0.3) is 0 Å². The lowest BCUT2D eigenvalue weighted by Crippen LogP contribution is -2.39. The Bertz CT molecular complexity index is 510. The average Bonchev–Trinajstić information content (AvgIpc) is 2.62. The Kier molecular flexibility index (Phi) is 12.2. The van der Waals surface area contributed by atoms with Crippen LogP contribution in [0, 0.1) is 0 Å². The zero-order valence-corrected chi connectivity index (χ0v) is 18.1. The first-order valence-corrected chi connectivity index (χ1v) is 9.15. The van der Waals surface area contributed by atoms with Crippen molar-refractivity contribution in [2.75, 3.05) is 53.0 Å². The van der Waals surface area contributed by atoms with Gasteiger partial charge in [-0.05, 0) is 37.4 Å². The van der Waals surface area contributed by atoms with Gasteiger partial charge in [0.05, 0.1) is 13.2 Å². The van der Waals surface area contributed by atoms with Crippen LogP contribution >= 0.6 is 35.6 Å². The predicted octanol–water partition coefficient (Wildman–Crippen LogP) is 2.78. The standard InChI is InChI=1S/C18H29ClN4O.HI/c1-20-18(22-10-8-16-6-2-3-7-17(16)19)21-9-4-5-11-23-12-14-24-15-13-23;/h2-3,6-7H,4-5,8-15H2,1H3,(H2,20,21,22);1H. The van der Waals surface area contributed by atoms with Crippen LogP contribution in [0.15, 0.2) is 29.3 Å². The van der Waals surface area contributed by atoms with Gasteiger partial charge in [-0.15, -0.1) is 24.0 Å². The molecule has 1 heterocycles. The van der Waals surface area contributed by atoms with Gasteiger partial charge in [0.15, 0.2) is 5.96 Å². The number of aliphatic imine (C=N–C) groups is 1. The molecule has 7 heteroatoms. The Morgan fingerprint density at radius 3 is 2.60 bits per heavy atom. The first kappa shape index (κ1) is 22.5. The molecule has 1 aromatic rings. The number of hydrogen-bond acceptors (Lipinski definition) is 3. The van der Waals surface area contributed by atoms with E-state index in [9.17, 15) is 0 Å². The van der Waals surface area contributed by atoms with Crippen molar-refractivity contribution < 1.29 is 4.74 Å². The minimum absolute atomic E-state index is 0. The van der Waals surface area contributed by atoms with Crippen LogP contribution in [-0.2, 0) is 11.2 Å². The smallest absolute Gasteiger partial charge is 0.190 e. The van der Waals surface area contributed by atoms with Gasteiger partial charge in [-0.3, -0.25) is 9.89 Å². The van der Waals surface area contributed by atoms with Gasteiger partial charge in [0.2, 0.25) is 0 Å². The summed E-state index contributed by atoms with van der Waals surface area (Å²) in [5.74, 6) is 0.855. The van der Waals surface area contributed by atoms with Crippen molar-refractivity contribution in [3.05, 3.63) is 34.9 Å². The fourth-order valence-electron chi connectivity index (χ4n) is 2.73. The third-order valence-electron chi connectivity index (χ3n) is 4.17. The molecule has 1 aliphatic heterocycles. The van der Waals surface area contributed by atoms with Gasteiger partial charge in [0.1, 0.15) is 0 Å². The van der Waals surface area contributed by atoms with Crippen molar-refractivity contribution in [1.82, 2.24) is 15.5 Å². The van der Waals surface area contributed by atoms with Crippen LogP contribution in [-0.4, -0.2) is 63.8 Å². The Balaban J connectivity index is 0.00000312. The van der Waals surface area contributed by atoms with E-state index in [0.29, 0.717) is 0 Å². The third kappa shape index (κ3) is 9.08. The zero-order valence-electron chi connectivity index (χ0n) is 15.0. The van der Waals surface area contributed by atoms with Gasteiger partial charge in [0.25, 0.3) is 0 Å². The number of hydrogen-bond donors (Lipinski definition) is 2. The maximum atomic E-state index is 6.17. The summed E-state index contributed by atoms with van der Waals surface area (Å²) in [6.07, 6.45) is 3.23. The molecule has 0 spiro atoms. The number of guanidine groups is 1. The molecule has 1 aliphatic rings. The number of halogens is 2. The highest BCUT2D eigenvalue weighted by molar-refractivity contribution is 14.0. The molecule has 2 rings (SSSR count). The van der Waals surface area contributed by atoms with Gasteiger partial charge in [0, 0.05) is 38.2 Å². The monoisotopic (exact) mass is 480 g/mol. The number of rotatable bonds is 8. The molecule has 25 heavy (non-hydrogen) atoms. The summed E-state index contributed by atoms with van der Waals surface area (Å²) >= 11 is 6.17. The van der Waals surface area contributed by atoms with Gasteiger partial charge in [-0.25, -0.2) is 0 Å². The van der Waals surface area contributed by atoms with Crippen molar-refractivity contribution in [3.8, 4) is 0 Å². The molecule has 0 saturated carbocycles. The molecular weight excluding hydrogens is 451 g/mol. The maximum absolute atomic E-state index is 6.17. The first-order chi connectivity index (χ1) is 11.8. The number of benzene rings is 1. The number of ether oxygens (including phenoxy) is 1. The molecule has 0 atom stereocenters. The number of unbranched alkanes of at least 4 members (excludes halogenated alkanes) is 1. The quantitative estimate of drug-likeness (QED) is 0.260. The van der Waals surface area contributed by atoms with Gasteiger partial charge in [-0.2, -0.15) is 0 Å². The summed E-state index contributed by atoms with van der Waals surface area (Å²) in [5, 5.41) is 7.53. The van der Waals surface area contributed by atoms with E-state index in [1.807, 2.05) is 18.2 Å². The maximum Gasteiger partial charge on any atom is 0.190 e. The minimum atomic E-state index is 0. The van der Waals surface area contributed by atoms with E-state index in [-0.39, 0.29) is 24.0 Å². The summed E-state index contributed by atoms with van der Waals surface area (Å²) in [6, 6.07) is 7.96. The van der Waals surface area contributed by atoms with E-state index in [0.717, 1.165) is 75.3 Å². The Labute approximate surface area is 173 Å². The Hall–Kier alpha value is -0.570. The molecule has 0 aliphatic carbocycles. The van der Waals surface area contributed by atoms with Crippen molar-refractivity contribution >= 4 is 41.5 Å². The molecule has 142 valence electrons. The highest BCUT2D eigenvalue weighted by Crippen LogP contribution is 2.14. The molecule has 1 fully saturated rings. The van der Waals surface area contributed by atoms with E-state index in [1.165, 1.54) is 6.42 Å². The number of nitrogens with zero attached hydrogens (tertiary/aromatic N) is 2. The largest absolute Gasteiger partial charge is 0.379 e. The summed E-state index contributed by atoms with van der Waals surface area (Å²) in [4.78, 5) is 6.74. The lowest BCUT2D eigenvalue weighted by atomic mass is 10.1. The average molecular weight is 481 g/mol. The normalized spacial score (nSPS) is 15.5. The highest BCUT2D eigenvalue weighted by Gasteiger charge is 2.09. The van der Waals surface area contributed by atoms with Gasteiger partial charge < -0.3 is 15.4 Å². The van der Waals surface area contributed by atoms with E-state index < -0.39 is 0 Å². The molecule has 0 unspecified atom stereocenters. The van der Waals surface area contributed by atoms with Crippen molar-refractivity contribution in [2.45, 2.75) is 19.3 Å². The van der Waals surface area contributed by atoms with Gasteiger partial charge >= 0.3 is 0 Å². The Morgan fingerprint density at radius 1 is 1.16 bits per heavy atom.